The van der Waals surface area contributed by atoms with Crippen LogP contribution in [-0.4, -0.2) is 5.16 Å². The number of isothiocyanates is 1. The molecular formula is C22H13F2NS. The zero-order chi connectivity index (χ0) is 18.5. The molecule has 1 nitrogen and oxygen atoms in total. The fourth-order valence-electron chi connectivity index (χ4n) is 2.46. The second-order valence-corrected chi connectivity index (χ2v) is 5.86. The van der Waals surface area contributed by atoms with Crippen molar-refractivity contribution < 1.29 is 8.78 Å². The largest absolute Gasteiger partial charge is 0.206 e. The van der Waals surface area contributed by atoms with Gasteiger partial charge in [-0.25, -0.2) is 8.78 Å². The molecule has 0 aromatic heterocycles. The normalized spacial score (nSPS) is 9.81. The van der Waals surface area contributed by atoms with E-state index in [1.54, 1.807) is 36.4 Å². The third-order valence-corrected chi connectivity index (χ3v) is 3.87. The van der Waals surface area contributed by atoms with Crippen molar-refractivity contribution in [3.63, 3.8) is 0 Å². The summed E-state index contributed by atoms with van der Waals surface area (Å²) in [7, 11) is 0. The first-order valence-corrected chi connectivity index (χ1v) is 8.23. The average Bonchev–Trinajstić information content (AvgIpc) is 2.62. The molecule has 3 aromatic carbocycles. The van der Waals surface area contributed by atoms with Crippen LogP contribution in [-0.2, 0) is 0 Å². The van der Waals surface area contributed by atoms with Gasteiger partial charge in [0.2, 0.25) is 0 Å². The van der Waals surface area contributed by atoms with Gasteiger partial charge < -0.3 is 0 Å². The first kappa shape index (κ1) is 17.7. The molecule has 0 radical (unpaired) electrons. The average molecular weight is 361 g/mol. The van der Waals surface area contributed by atoms with Gasteiger partial charge in [-0.3, -0.25) is 0 Å². The number of rotatable bonds is 2. The highest BCUT2D eigenvalue weighted by atomic mass is 32.1. The maximum absolute atomic E-state index is 14.4. The molecule has 0 saturated carbocycles. The lowest BCUT2D eigenvalue weighted by atomic mass is 10.0. The summed E-state index contributed by atoms with van der Waals surface area (Å²) in [5, 5.41) is 2.28. The predicted octanol–water partition coefficient (Wildman–Crippen LogP) is 6.07. The van der Waals surface area contributed by atoms with Crippen LogP contribution < -0.4 is 0 Å². The second kappa shape index (κ2) is 7.84. The number of hydrogen-bond acceptors (Lipinski definition) is 2. The summed E-state index contributed by atoms with van der Waals surface area (Å²) in [6.07, 6.45) is 0. The molecule has 0 N–H and O–H groups in total. The number of benzene rings is 3. The van der Waals surface area contributed by atoms with Gasteiger partial charge in [0.25, 0.3) is 0 Å². The summed E-state index contributed by atoms with van der Waals surface area (Å²) >= 11 is 4.54. The van der Waals surface area contributed by atoms with Crippen molar-refractivity contribution in [2.75, 3.05) is 0 Å². The first-order chi connectivity index (χ1) is 12.6. The molecule has 0 spiro atoms. The molecule has 0 atom stereocenters. The highest BCUT2D eigenvalue weighted by molar-refractivity contribution is 7.78. The number of aryl methyl sites for hydroxylation is 1. The number of halogens is 2. The van der Waals surface area contributed by atoms with Gasteiger partial charge >= 0.3 is 0 Å². The number of aliphatic imine (C=N–C) groups is 1. The molecule has 0 saturated heterocycles. The first-order valence-electron chi connectivity index (χ1n) is 7.83. The zero-order valence-corrected chi connectivity index (χ0v) is 14.7. The predicted molar refractivity (Wildman–Crippen MR) is 104 cm³/mol. The number of thiocarbonyl (C=S) groups is 1. The third kappa shape index (κ3) is 4.10. The van der Waals surface area contributed by atoms with Gasteiger partial charge in [0.05, 0.1) is 16.4 Å². The van der Waals surface area contributed by atoms with E-state index < -0.39 is 11.6 Å². The monoisotopic (exact) mass is 361 g/mol. The molecule has 3 rings (SSSR count). The summed E-state index contributed by atoms with van der Waals surface area (Å²) < 4.78 is 28.8. The van der Waals surface area contributed by atoms with Crippen LogP contribution in [0.2, 0.25) is 0 Å². The molecule has 4 heteroatoms. The number of hydrogen-bond donors (Lipinski definition) is 0. The lowest BCUT2D eigenvalue weighted by Gasteiger charge is -2.06. The lowest BCUT2D eigenvalue weighted by Crippen LogP contribution is -1.92. The third-order valence-electron chi connectivity index (χ3n) is 3.78. The Morgan fingerprint density at radius 2 is 1.38 bits per heavy atom. The fraction of sp³-hybridized carbons (Fsp3) is 0.0455. The Hall–Kier alpha value is -3.12. The minimum Gasteiger partial charge on any atom is -0.206 e. The van der Waals surface area contributed by atoms with Gasteiger partial charge in [0.1, 0.15) is 11.6 Å². The topological polar surface area (TPSA) is 12.4 Å². The zero-order valence-electron chi connectivity index (χ0n) is 13.9. The lowest BCUT2D eigenvalue weighted by molar-refractivity contribution is 0.589. The van der Waals surface area contributed by atoms with E-state index in [-0.39, 0.29) is 11.1 Å². The molecule has 0 bridgehead atoms. The molecule has 0 heterocycles. The Morgan fingerprint density at radius 3 is 1.96 bits per heavy atom. The maximum atomic E-state index is 14.4. The summed E-state index contributed by atoms with van der Waals surface area (Å²) in [6.45, 7) is 1.92. The van der Waals surface area contributed by atoms with E-state index >= 15 is 0 Å². The van der Waals surface area contributed by atoms with Gasteiger partial charge in [0.15, 0.2) is 0 Å². The summed E-state index contributed by atoms with van der Waals surface area (Å²) in [5.74, 6) is 4.39. The molecule has 0 fully saturated rings. The maximum Gasteiger partial charge on any atom is 0.135 e. The summed E-state index contributed by atoms with van der Waals surface area (Å²) in [5.41, 5.74) is 3.13. The van der Waals surface area contributed by atoms with Gasteiger partial charge in [-0.15, -0.1) is 0 Å². The van der Waals surface area contributed by atoms with E-state index in [0.717, 1.165) is 5.56 Å². The van der Waals surface area contributed by atoms with E-state index in [9.17, 15) is 8.78 Å². The Bertz CT molecular complexity index is 1030. The van der Waals surface area contributed by atoms with Crippen molar-refractivity contribution in [2.24, 2.45) is 4.99 Å². The van der Waals surface area contributed by atoms with Crippen LogP contribution in [0, 0.1) is 30.4 Å². The summed E-state index contributed by atoms with van der Waals surface area (Å²) in [4.78, 5) is 3.85. The van der Waals surface area contributed by atoms with E-state index in [2.05, 4.69) is 34.2 Å². The molecular weight excluding hydrogens is 348 g/mol. The van der Waals surface area contributed by atoms with Crippen LogP contribution in [0.15, 0.2) is 65.7 Å². The van der Waals surface area contributed by atoms with Crippen molar-refractivity contribution in [3.05, 3.63) is 89.0 Å². The van der Waals surface area contributed by atoms with Crippen molar-refractivity contribution >= 4 is 23.1 Å². The van der Waals surface area contributed by atoms with Crippen LogP contribution in [0.25, 0.3) is 11.1 Å². The van der Waals surface area contributed by atoms with Gasteiger partial charge in [-0.2, -0.15) is 4.99 Å². The van der Waals surface area contributed by atoms with Crippen molar-refractivity contribution in [2.45, 2.75) is 6.92 Å². The van der Waals surface area contributed by atoms with Crippen LogP contribution >= 0.6 is 12.2 Å². The highest BCUT2D eigenvalue weighted by Gasteiger charge is 2.12. The number of nitrogens with zero attached hydrogens (tertiary/aromatic N) is 1. The molecule has 0 aliphatic carbocycles. The van der Waals surface area contributed by atoms with Crippen molar-refractivity contribution in [1.82, 2.24) is 0 Å². The Kier molecular flexibility index (Phi) is 5.34. The van der Waals surface area contributed by atoms with E-state index in [4.69, 9.17) is 0 Å². The smallest absolute Gasteiger partial charge is 0.135 e. The molecule has 126 valence electrons. The highest BCUT2D eigenvalue weighted by Crippen LogP contribution is 2.27. The van der Waals surface area contributed by atoms with Gasteiger partial charge in [0, 0.05) is 11.1 Å². The minimum absolute atomic E-state index is 0.0436. The van der Waals surface area contributed by atoms with E-state index in [0.29, 0.717) is 16.8 Å². The molecule has 0 aliphatic rings. The van der Waals surface area contributed by atoms with Crippen LogP contribution in [0.1, 0.15) is 16.7 Å². The standard InChI is InChI=1S/C22H13F2NS/c1-15-2-8-18(9-3-15)22-20(23)12-17(13-21(22)24)5-4-16-6-10-19(11-7-16)25-14-26/h2-3,6-13H,1H3. The molecule has 26 heavy (non-hydrogen) atoms. The van der Waals surface area contributed by atoms with Crippen LogP contribution in [0.5, 0.6) is 0 Å². The quantitative estimate of drug-likeness (QED) is 0.306. The Labute approximate surface area is 156 Å². The molecule has 0 unspecified atom stereocenters. The van der Waals surface area contributed by atoms with Crippen molar-refractivity contribution in [3.8, 4) is 23.0 Å². The second-order valence-electron chi connectivity index (χ2n) is 5.68. The van der Waals surface area contributed by atoms with Gasteiger partial charge in [-0.05, 0) is 61.1 Å². The van der Waals surface area contributed by atoms with Crippen molar-refractivity contribution in [1.29, 1.82) is 0 Å². The van der Waals surface area contributed by atoms with Gasteiger partial charge in [-0.1, -0.05) is 41.7 Å². The minimum atomic E-state index is -0.635. The van der Waals surface area contributed by atoms with Crippen LogP contribution in [0.3, 0.4) is 0 Å². The molecule has 3 aromatic rings. The van der Waals surface area contributed by atoms with E-state index in [1.165, 1.54) is 12.1 Å². The molecule has 0 aliphatic heterocycles. The van der Waals surface area contributed by atoms with Crippen LogP contribution in [0.4, 0.5) is 14.5 Å². The van der Waals surface area contributed by atoms with E-state index in [1.807, 2.05) is 19.1 Å². The SMILES string of the molecule is Cc1ccc(-c2c(F)cc(C#Cc3ccc(N=C=S)cc3)cc2F)cc1. The molecule has 0 amide bonds. The Balaban J connectivity index is 1.91. The fourth-order valence-corrected chi connectivity index (χ4v) is 2.56. The summed E-state index contributed by atoms with van der Waals surface area (Å²) in [6, 6.07) is 16.5. The Morgan fingerprint density at radius 1 is 0.808 bits per heavy atom.